The van der Waals surface area contributed by atoms with Crippen molar-refractivity contribution in [2.75, 3.05) is 0 Å². The van der Waals surface area contributed by atoms with E-state index in [9.17, 15) is 4.79 Å². The molecule has 4 heteroatoms. The average molecular weight is 359 g/mol. The molecule has 0 unspecified atom stereocenters. The van der Waals surface area contributed by atoms with Gasteiger partial charge in [0.05, 0.1) is 0 Å². The molecule has 0 rings (SSSR count). The zero-order valence-electron chi connectivity index (χ0n) is 2.95. The number of rotatable bonds is 0. The van der Waals surface area contributed by atoms with Crippen LogP contribution >= 0.6 is 0 Å². The molecule has 0 aromatic carbocycles. The van der Waals surface area contributed by atoms with Gasteiger partial charge in [0.2, 0.25) is 0 Å². The Hall–Kier alpha value is 0.860. The summed E-state index contributed by atoms with van der Waals surface area (Å²) in [4.78, 5) is 9.59. The summed E-state index contributed by atoms with van der Waals surface area (Å²) in [6, 6.07) is 0. The molecule has 0 heterocycles. The van der Waals surface area contributed by atoms with Crippen molar-refractivity contribution in [2.45, 2.75) is 6.92 Å². The predicted molar refractivity (Wildman–Crippen MR) is 11.8 cm³/mol. The van der Waals surface area contributed by atoms with Crippen molar-refractivity contribution in [3.63, 3.8) is 0 Å². The molecule has 0 saturated heterocycles. The third-order valence-electron chi connectivity index (χ3n) is 0.0958. The summed E-state index contributed by atoms with van der Waals surface area (Å²) in [6.07, 6.45) is 0. The molecular weight excluding hydrogens is 356 g/mol. The van der Waals surface area contributed by atoms with Crippen LogP contribution in [-0.2, 0) is 49.9 Å². The van der Waals surface area contributed by atoms with Crippen molar-refractivity contribution in [1.82, 2.24) is 0 Å². The molecule has 0 saturated carbocycles. The fourth-order valence-electron chi connectivity index (χ4n) is 0. The van der Waals surface area contributed by atoms with Crippen LogP contribution in [0, 0.1) is 0 Å². The molecule has 0 aliphatic heterocycles. The summed E-state index contributed by atoms with van der Waals surface area (Å²) in [5, 5.41) is 0. The van der Waals surface area contributed by atoms with Crippen LogP contribution in [0.2, 0.25) is 0 Å². The van der Waals surface area contributed by atoms with Gasteiger partial charge in [-0.1, -0.05) is 0 Å². The minimum atomic E-state index is -0.245. The van der Waals surface area contributed by atoms with Crippen LogP contribution in [0.4, 0.5) is 0 Å². The molecule has 43 valence electrons. The molecule has 6 heavy (non-hydrogen) atoms. The third kappa shape index (κ3) is 8.85. The van der Waals surface area contributed by atoms with Crippen LogP contribution < -0.4 is 0 Å². The van der Waals surface area contributed by atoms with Gasteiger partial charge in [-0.15, -0.1) is 0 Å². The zero-order valence-corrected chi connectivity index (χ0v) is 6.83. The SMILES string of the molecule is CC(=O)[O][Ir].[Ag]. The van der Waals surface area contributed by atoms with E-state index in [1.165, 1.54) is 26.2 Å². The maximum atomic E-state index is 9.59. The molecule has 0 N–H and O–H groups in total. The minimum Gasteiger partial charge on any atom is 0 e. The van der Waals surface area contributed by atoms with Gasteiger partial charge >= 0.3 is 40.5 Å². The van der Waals surface area contributed by atoms with Gasteiger partial charge in [-0.3, -0.25) is 0 Å². The third-order valence-corrected chi connectivity index (χ3v) is 0.784. The van der Waals surface area contributed by atoms with Crippen molar-refractivity contribution in [2.24, 2.45) is 0 Å². The summed E-state index contributed by atoms with van der Waals surface area (Å²) in [6.45, 7) is 1.36. The molecule has 0 atom stereocenters. The molecule has 1 radical (unpaired) electrons. The van der Waals surface area contributed by atoms with E-state index in [4.69, 9.17) is 0 Å². The molecular formula is C2H3AgIrO2. The summed E-state index contributed by atoms with van der Waals surface area (Å²) in [5.74, 6) is -0.245. The van der Waals surface area contributed by atoms with Gasteiger partial charge in [-0.25, -0.2) is 0 Å². The fourth-order valence-corrected chi connectivity index (χ4v) is 0. The van der Waals surface area contributed by atoms with Crippen LogP contribution in [0.5, 0.6) is 0 Å². The Morgan fingerprint density at radius 3 is 2.00 bits per heavy atom. The smallest absolute Gasteiger partial charge is 0 e. The Labute approximate surface area is 62.7 Å². The Morgan fingerprint density at radius 1 is 1.83 bits per heavy atom. The number of carbonyl (C=O) groups is 1. The van der Waals surface area contributed by atoms with Crippen molar-refractivity contribution in [3.05, 3.63) is 0 Å². The maximum Gasteiger partial charge on any atom is 0 e. The van der Waals surface area contributed by atoms with E-state index in [0.29, 0.717) is 0 Å². The molecule has 0 aliphatic carbocycles. The Bertz CT molecular complexity index is 46.8. The Kier molecular flexibility index (Phi) is 9.74. The normalized spacial score (nSPS) is 5.83. The van der Waals surface area contributed by atoms with Gasteiger partial charge in [0.25, 0.3) is 0 Å². The quantitative estimate of drug-likeness (QED) is 0.570. The van der Waals surface area contributed by atoms with Crippen LogP contribution in [0.3, 0.4) is 0 Å². The molecule has 0 aromatic rings. The molecule has 0 spiro atoms. The molecule has 0 aromatic heterocycles. The average Bonchev–Trinajstić information content (AvgIpc) is 1.38. The molecule has 0 bridgehead atoms. The van der Waals surface area contributed by atoms with E-state index in [-0.39, 0.29) is 28.3 Å². The molecule has 0 fully saturated rings. The van der Waals surface area contributed by atoms with Crippen molar-refractivity contribution in [1.29, 1.82) is 0 Å². The van der Waals surface area contributed by atoms with E-state index < -0.39 is 0 Å². The van der Waals surface area contributed by atoms with Crippen LogP contribution in [0.1, 0.15) is 6.92 Å². The maximum absolute atomic E-state index is 9.59. The Morgan fingerprint density at radius 2 is 2.00 bits per heavy atom. The first-order chi connectivity index (χ1) is 2.27. The standard InChI is InChI=1S/C2H4O2.Ag.Ir/c1-2(3)4;;/h1H3,(H,3,4);;/q;;+1/p-1. The van der Waals surface area contributed by atoms with Gasteiger partial charge in [0.15, 0.2) is 0 Å². The molecule has 2 nitrogen and oxygen atoms in total. The summed E-state index contributed by atoms with van der Waals surface area (Å²) in [5.41, 5.74) is 0. The fraction of sp³-hybridized carbons (Fsp3) is 0.500. The second-order valence-corrected chi connectivity index (χ2v) is 1.05. The van der Waals surface area contributed by atoms with Crippen LogP contribution in [-0.4, -0.2) is 5.97 Å². The minimum absolute atomic E-state index is 0. The van der Waals surface area contributed by atoms with E-state index in [1.54, 1.807) is 0 Å². The van der Waals surface area contributed by atoms with Crippen molar-refractivity contribution >= 4 is 5.97 Å². The summed E-state index contributed by atoms with van der Waals surface area (Å²) in [7, 11) is 0. The topological polar surface area (TPSA) is 26.3 Å². The van der Waals surface area contributed by atoms with Gasteiger partial charge in [-0.05, 0) is 0 Å². The van der Waals surface area contributed by atoms with Gasteiger partial charge in [0.1, 0.15) is 0 Å². The Balaban J connectivity index is 0. The summed E-state index contributed by atoms with van der Waals surface area (Å²) < 4.78 is 4.11. The van der Waals surface area contributed by atoms with Gasteiger partial charge in [0, 0.05) is 22.4 Å². The first-order valence-electron chi connectivity index (χ1n) is 1.04. The molecule has 0 amide bonds. The van der Waals surface area contributed by atoms with E-state index >= 15 is 0 Å². The first-order valence-corrected chi connectivity index (χ1v) is 2.02. The van der Waals surface area contributed by atoms with E-state index in [0.717, 1.165) is 0 Å². The van der Waals surface area contributed by atoms with Crippen molar-refractivity contribution < 1.29 is 49.9 Å². The number of carbonyl (C=O) groups excluding carboxylic acids is 1. The largest absolute Gasteiger partial charge is 0 e. The summed E-state index contributed by atoms with van der Waals surface area (Å²) >= 11 is 1.35. The van der Waals surface area contributed by atoms with E-state index in [2.05, 4.69) is 3.50 Å². The second kappa shape index (κ2) is 5.86. The van der Waals surface area contributed by atoms with Gasteiger partial charge < -0.3 is 0 Å². The van der Waals surface area contributed by atoms with Gasteiger partial charge in [-0.2, -0.15) is 0 Å². The van der Waals surface area contributed by atoms with Crippen LogP contribution in [0.25, 0.3) is 0 Å². The monoisotopic (exact) mass is 359 g/mol. The second-order valence-electron chi connectivity index (χ2n) is 0.560. The first kappa shape index (κ1) is 9.97. The molecule has 0 aliphatic rings. The van der Waals surface area contributed by atoms with E-state index in [1.807, 2.05) is 0 Å². The zero-order chi connectivity index (χ0) is 4.28. The number of hydrogen-bond acceptors (Lipinski definition) is 2. The predicted octanol–water partition coefficient (Wildman–Crippen LogP) is 0.00880. The van der Waals surface area contributed by atoms with Crippen LogP contribution in [0.15, 0.2) is 0 Å². The van der Waals surface area contributed by atoms with Crippen molar-refractivity contribution in [3.8, 4) is 0 Å². The number of hydrogen-bond donors (Lipinski definition) is 0.